The van der Waals surface area contributed by atoms with E-state index in [1.165, 1.54) is 12.1 Å². The van der Waals surface area contributed by atoms with E-state index < -0.39 is 36.4 Å². The highest BCUT2D eigenvalue weighted by Gasteiger charge is 2.46. The van der Waals surface area contributed by atoms with Gasteiger partial charge in [0, 0.05) is 22.6 Å². The number of carbonyl (C=O) groups excluding carboxylic acids is 1. The van der Waals surface area contributed by atoms with E-state index in [4.69, 9.17) is 32.0 Å². The van der Waals surface area contributed by atoms with E-state index in [1.807, 2.05) is 41.3 Å². The van der Waals surface area contributed by atoms with Crippen molar-refractivity contribution in [1.29, 1.82) is 0 Å². The monoisotopic (exact) mass is 654 g/mol. The molecule has 3 aromatic rings. The van der Waals surface area contributed by atoms with Crippen LogP contribution in [0.1, 0.15) is 49.8 Å². The average molecular weight is 655 g/mol. The highest BCUT2D eigenvalue weighted by molar-refractivity contribution is 6.31. The summed E-state index contributed by atoms with van der Waals surface area (Å²) < 4.78 is 13.7. The van der Waals surface area contributed by atoms with E-state index in [0.29, 0.717) is 11.6 Å². The van der Waals surface area contributed by atoms with Gasteiger partial charge in [0.25, 0.3) is 5.91 Å². The lowest BCUT2D eigenvalue weighted by Gasteiger charge is -2.42. The van der Waals surface area contributed by atoms with E-state index in [0.717, 1.165) is 53.4 Å². The van der Waals surface area contributed by atoms with Crippen molar-refractivity contribution >= 4 is 46.2 Å². The molecule has 0 saturated carbocycles. The van der Waals surface area contributed by atoms with Gasteiger partial charge < -0.3 is 30.2 Å². The Labute approximate surface area is 270 Å². The third-order valence-corrected chi connectivity index (χ3v) is 9.02. The Morgan fingerprint density at radius 1 is 0.978 bits per heavy atom. The molecule has 5 rings (SSSR count). The number of hydrogen-bond donors (Lipinski definition) is 4. The number of halogens is 2. The van der Waals surface area contributed by atoms with E-state index in [2.05, 4.69) is 37.1 Å². The van der Waals surface area contributed by atoms with Gasteiger partial charge in [0.1, 0.15) is 5.82 Å². The second kappa shape index (κ2) is 14.0. The molecule has 244 valence electrons. The van der Waals surface area contributed by atoms with Crippen LogP contribution in [-0.2, 0) is 24.6 Å². The molecule has 12 heteroatoms. The summed E-state index contributed by atoms with van der Waals surface area (Å²) in [5.74, 6) is -5.20. The van der Waals surface area contributed by atoms with Gasteiger partial charge >= 0.3 is 17.9 Å². The molecule has 0 unspecified atom stereocenters. The number of amides is 1. The van der Waals surface area contributed by atoms with E-state index in [9.17, 15) is 23.6 Å². The summed E-state index contributed by atoms with van der Waals surface area (Å²) >= 11 is 6.44. The van der Waals surface area contributed by atoms with Crippen molar-refractivity contribution in [3.8, 4) is 0 Å². The summed E-state index contributed by atoms with van der Waals surface area (Å²) in [7, 11) is 2.11. The van der Waals surface area contributed by atoms with Crippen molar-refractivity contribution in [3.05, 3.63) is 94.3 Å². The van der Waals surface area contributed by atoms with Crippen LogP contribution in [0.5, 0.6) is 0 Å². The fourth-order valence-corrected chi connectivity index (χ4v) is 6.50. The zero-order valence-electron chi connectivity index (χ0n) is 25.5. The summed E-state index contributed by atoms with van der Waals surface area (Å²) in [4.78, 5) is 48.6. The van der Waals surface area contributed by atoms with Crippen molar-refractivity contribution in [1.82, 2.24) is 9.80 Å². The summed E-state index contributed by atoms with van der Waals surface area (Å²) in [5, 5.41) is 36.7. The molecule has 1 atom stereocenters. The number of carbonyl (C=O) groups is 4. The Kier molecular flexibility index (Phi) is 10.5. The summed E-state index contributed by atoms with van der Waals surface area (Å²) in [6.45, 7) is 4.44. The predicted octanol–water partition coefficient (Wildman–Crippen LogP) is 4.88. The minimum Gasteiger partial charge on any atom is -0.481 e. The SMILES string of the molecule is C[C@H](c1cc(Cl)cc2ccccc12)N1CC=C(C2(c3ccc(F)cc3)CCN(C)CC2)C1=O.O=C(O)CC(O)(CC(=O)O)C(=O)O. The van der Waals surface area contributed by atoms with Gasteiger partial charge in [-0.2, -0.15) is 0 Å². The normalized spacial score (nSPS) is 17.2. The fourth-order valence-electron chi connectivity index (χ4n) is 6.26. The summed E-state index contributed by atoms with van der Waals surface area (Å²) in [5.41, 5.74) is -0.195. The largest absolute Gasteiger partial charge is 0.481 e. The number of rotatable bonds is 9. The standard InChI is InChI=1S/C28H28ClFN2O.C6H8O7/c1-19(25-18-22(29)17-20-5-3-4-6-24(20)25)32-14-11-26(27(32)33)28(12-15-31(2)16-13-28)21-7-9-23(30)10-8-21;7-3(8)1-6(13,5(11)12)2-4(9)10/h3-11,17-19H,12-16H2,1-2H3;13H,1-2H2,(H,7,8)(H,9,10)(H,11,12)/t19-;/m1./s1. The summed E-state index contributed by atoms with van der Waals surface area (Å²) in [6, 6.07) is 18.7. The number of aliphatic hydroxyl groups is 1. The second-order valence-corrected chi connectivity index (χ2v) is 12.3. The highest BCUT2D eigenvalue weighted by Crippen LogP contribution is 2.45. The highest BCUT2D eigenvalue weighted by atomic mass is 35.5. The topological polar surface area (TPSA) is 156 Å². The number of carboxylic acids is 3. The zero-order valence-corrected chi connectivity index (χ0v) is 26.2. The molecule has 2 heterocycles. The van der Waals surface area contributed by atoms with E-state index in [-0.39, 0.29) is 23.2 Å². The molecule has 0 spiro atoms. The Morgan fingerprint density at radius 3 is 2.13 bits per heavy atom. The molecule has 2 aliphatic rings. The molecule has 0 aliphatic carbocycles. The first kappa shape index (κ1) is 34.6. The minimum absolute atomic E-state index is 0.0698. The lowest BCUT2D eigenvalue weighted by Crippen LogP contribution is -2.45. The number of nitrogens with zero attached hydrogens (tertiary/aromatic N) is 2. The molecule has 46 heavy (non-hydrogen) atoms. The lowest BCUT2D eigenvalue weighted by molar-refractivity contribution is -0.170. The lowest BCUT2D eigenvalue weighted by atomic mass is 9.67. The van der Waals surface area contributed by atoms with Gasteiger partial charge in [-0.15, -0.1) is 0 Å². The van der Waals surface area contributed by atoms with Crippen molar-refractivity contribution in [2.24, 2.45) is 0 Å². The molecule has 0 bridgehead atoms. The molecule has 1 saturated heterocycles. The number of likely N-dealkylation sites (tertiary alicyclic amines) is 1. The maximum absolute atomic E-state index is 13.9. The number of hydrogen-bond acceptors (Lipinski definition) is 6. The smallest absolute Gasteiger partial charge is 0.336 e. The van der Waals surface area contributed by atoms with Crippen LogP contribution in [0.15, 0.2) is 72.3 Å². The Bertz CT molecular complexity index is 1650. The number of aliphatic carboxylic acids is 3. The number of carboxylic acid groups (broad SMARTS) is 3. The van der Waals surface area contributed by atoms with Crippen LogP contribution < -0.4 is 0 Å². The maximum atomic E-state index is 13.9. The van der Waals surface area contributed by atoms with Gasteiger partial charge in [-0.1, -0.05) is 54.1 Å². The Morgan fingerprint density at radius 2 is 1.57 bits per heavy atom. The van der Waals surface area contributed by atoms with Gasteiger partial charge in [-0.3, -0.25) is 14.4 Å². The van der Waals surface area contributed by atoms with Gasteiger partial charge in [0.15, 0.2) is 5.60 Å². The first-order valence-electron chi connectivity index (χ1n) is 14.7. The molecule has 4 N–H and O–H groups in total. The van der Waals surface area contributed by atoms with Gasteiger partial charge in [0.2, 0.25) is 0 Å². The van der Waals surface area contributed by atoms with Crippen molar-refractivity contribution in [2.75, 3.05) is 26.7 Å². The first-order valence-corrected chi connectivity index (χ1v) is 15.1. The molecular weight excluding hydrogens is 619 g/mol. The maximum Gasteiger partial charge on any atom is 0.336 e. The fraction of sp³-hybridized carbons (Fsp3) is 0.353. The average Bonchev–Trinajstić information content (AvgIpc) is 3.38. The van der Waals surface area contributed by atoms with Crippen molar-refractivity contribution in [2.45, 2.75) is 49.7 Å². The van der Waals surface area contributed by atoms with Crippen molar-refractivity contribution in [3.63, 3.8) is 0 Å². The van der Waals surface area contributed by atoms with Crippen LogP contribution in [0, 0.1) is 5.82 Å². The summed E-state index contributed by atoms with van der Waals surface area (Å²) in [6.07, 6.45) is 1.49. The van der Waals surface area contributed by atoms with Crippen LogP contribution in [-0.4, -0.2) is 86.3 Å². The molecule has 1 amide bonds. The molecule has 1 fully saturated rings. The third-order valence-electron chi connectivity index (χ3n) is 8.80. The molecule has 2 aliphatic heterocycles. The van der Waals surface area contributed by atoms with E-state index in [1.54, 1.807) is 0 Å². The first-order chi connectivity index (χ1) is 21.7. The molecule has 0 aromatic heterocycles. The van der Waals surface area contributed by atoms with Crippen molar-refractivity contribution < 1.29 is 44.0 Å². The van der Waals surface area contributed by atoms with Crippen LogP contribution in [0.2, 0.25) is 5.02 Å². The number of benzene rings is 3. The number of piperidine rings is 1. The van der Waals surface area contributed by atoms with Crippen LogP contribution in [0.3, 0.4) is 0 Å². The van der Waals surface area contributed by atoms with Crippen LogP contribution in [0.25, 0.3) is 10.8 Å². The van der Waals surface area contributed by atoms with Crippen LogP contribution >= 0.6 is 11.6 Å². The Hall–Kier alpha value is -4.32. The minimum atomic E-state index is -2.74. The van der Waals surface area contributed by atoms with E-state index >= 15 is 0 Å². The second-order valence-electron chi connectivity index (χ2n) is 11.8. The van der Waals surface area contributed by atoms with Crippen LogP contribution in [0.4, 0.5) is 4.39 Å². The molecular formula is C34H36ClFN2O8. The van der Waals surface area contributed by atoms with Gasteiger partial charge in [-0.05, 0) is 86.1 Å². The predicted molar refractivity (Wildman–Crippen MR) is 169 cm³/mol. The zero-order chi connectivity index (χ0) is 33.8. The van der Waals surface area contributed by atoms with Gasteiger partial charge in [0.05, 0.1) is 18.9 Å². The van der Waals surface area contributed by atoms with Gasteiger partial charge in [-0.25, -0.2) is 9.18 Å². The quantitative estimate of drug-likeness (QED) is 0.253. The molecule has 0 radical (unpaired) electrons. The number of fused-ring (bicyclic) bond motifs is 1. The Balaban J connectivity index is 0.000000315. The molecule has 3 aromatic carbocycles. The molecule has 10 nitrogen and oxygen atoms in total. The third kappa shape index (κ3) is 7.38.